The maximum atomic E-state index is 12.6. The highest BCUT2D eigenvalue weighted by atomic mass is 35.5. The lowest BCUT2D eigenvalue weighted by Crippen LogP contribution is -2.29. The maximum Gasteiger partial charge on any atom is 0.270 e. The third-order valence-corrected chi connectivity index (χ3v) is 4.23. The molecule has 8 heteroatoms. The van der Waals surface area contributed by atoms with E-state index < -0.39 is 0 Å². The highest BCUT2D eigenvalue weighted by molar-refractivity contribution is 6.30. The van der Waals surface area contributed by atoms with Gasteiger partial charge in [0.2, 0.25) is 0 Å². The van der Waals surface area contributed by atoms with Gasteiger partial charge in [-0.1, -0.05) is 11.6 Å². The molecule has 0 fully saturated rings. The Hall–Kier alpha value is -2.80. The van der Waals surface area contributed by atoms with E-state index >= 15 is 0 Å². The van der Waals surface area contributed by atoms with Gasteiger partial charge in [-0.05, 0) is 44.2 Å². The zero-order chi connectivity index (χ0) is 18.7. The minimum Gasteiger partial charge on any atom is -0.471 e. The molecule has 0 saturated heterocycles. The van der Waals surface area contributed by atoms with E-state index in [-0.39, 0.29) is 18.7 Å². The van der Waals surface area contributed by atoms with Gasteiger partial charge < -0.3 is 10.1 Å². The molecule has 3 rings (SSSR count). The lowest BCUT2D eigenvalue weighted by Gasteiger charge is -2.14. The number of nitrogens with one attached hydrogen (secondary N) is 1. The van der Waals surface area contributed by atoms with Crippen LogP contribution in [0.2, 0.25) is 5.02 Å². The van der Waals surface area contributed by atoms with Gasteiger partial charge in [0.25, 0.3) is 5.91 Å². The van der Waals surface area contributed by atoms with Gasteiger partial charge in [-0.2, -0.15) is 10.2 Å². The smallest absolute Gasteiger partial charge is 0.270 e. The Bertz CT molecular complexity index is 901. The predicted octanol–water partition coefficient (Wildman–Crippen LogP) is 3.11. The van der Waals surface area contributed by atoms with Crippen LogP contribution in [-0.2, 0) is 13.8 Å². The molecule has 2 aromatic heterocycles. The van der Waals surface area contributed by atoms with E-state index in [1.54, 1.807) is 41.2 Å². The van der Waals surface area contributed by atoms with Gasteiger partial charge in [0.15, 0.2) is 6.73 Å². The van der Waals surface area contributed by atoms with Crippen molar-refractivity contribution in [2.24, 2.45) is 7.05 Å². The van der Waals surface area contributed by atoms with Gasteiger partial charge in [0.1, 0.15) is 11.4 Å². The lowest BCUT2D eigenvalue weighted by molar-refractivity contribution is 0.0918. The van der Waals surface area contributed by atoms with E-state index in [4.69, 9.17) is 16.3 Å². The molecule has 0 aliphatic rings. The van der Waals surface area contributed by atoms with Gasteiger partial charge in [0.05, 0.1) is 11.7 Å². The molecular weight excluding hydrogens is 354 g/mol. The zero-order valence-corrected chi connectivity index (χ0v) is 15.6. The average molecular weight is 374 g/mol. The molecule has 1 N–H and O–H groups in total. The van der Waals surface area contributed by atoms with E-state index in [9.17, 15) is 4.79 Å². The summed E-state index contributed by atoms with van der Waals surface area (Å²) >= 11 is 5.86. The van der Waals surface area contributed by atoms with Crippen molar-refractivity contribution in [2.75, 3.05) is 0 Å². The van der Waals surface area contributed by atoms with E-state index in [0.29, 0.717) is 16.5 Å². The summed E-state index contributed by atoms with van der Waals surface area (Å²) in [5.74, 6) is 0.425. The van der Waals surface area contributed by atoms with Crippen molar-refractivity contribution in [3.63, 3.8) is 0 Å². The second-order valence-electron chi connectivity index (χ2n) is 5.98. The van der Waals surface area contributed by atoms with Crippen LogP contribution in [0.25, 0.3) is 0 Å². The first-order chi connectivity index (χ1) is 12.4. The number of carbonyl (C=O) groups is 1. The number of aromatic nitrogens is 4. The molecule has 1 amide bonds. The van der Waals surface area contributed by atoms with Crippen molar-refractivity contribution in [3.05, 3.63) is 64.7 Å². The number of ether oxygens (including phenoxy) is 1. The number of halogens is 1. The van der Waals surface area contributed by atoms with Crippen LogP contribution >= 0.6 is 11.6 Å². The zero-order valence-electron chi connectivity index (χ0n) is 14.8. The molecule has 1 aromatic carbocycles. The summed E-state index contributed by atoms with van der Waals surface area (Å²) in [4.78, 5) is 12.6. The number of hydrogen-bond acceptors (Lipinski definition) is 4. The molecule has 0 bridgehead atoms. The number of carbonyl (C=O) groups excluding carboxylic acids is 1. The molecule has 0 aliphatic heterocycles. The van der Waals surface area contributed by atoms with E-state index in [0.717, 1.165) is 11.3 Å². The van der Waals surface area contributed by atoms with Crippen LogP contribution in [0.4, 0.5) is 0 Å². The van der Waals surface area contributed by atoms with Crippen LogP contribution in [0.3, 0.4) is 0 Å². The molecule has 26 heavy (non-hydrogen) atoms. The van der Waals surface area contributed by atoms with E-state index in [1.807, 2.05) is 27.1 Å². The third kappa shape index (κ3) is 4.05. The summed E-state index contributed by atoms with van der Waals surface area (Å²) in [6.45, 7) is 3.96. The molecule has 0 saturated carbocycles. The van der Waals surface area contributed by atoms with Crippen molar-refractivity contribution < 1.29 is 9.53 Å². The minimum atomic E-state index is -0.224. The van der Waals surface area contributed by atoms with E-state index in [2.05, 4.69) is 15.5 Å². The summed E-state index contributed by atoms with van der Waals surface area (Å²) in [5, 5.41) is 12.1. The third-order valence-electron chi connectivity index (χ3n) is 3.98. The fourth-order valence-corrected chi connectivity index (χ4v) is 2.81. The van der Waals surface area contributed by atoms with Crippen molar-refractivity contribution in [3.8, 4) is 5.75 Å². The fraction of sp³-hybridized carbons (Fsp3) is 0.278. The van der Waals surface area contributed by atoms with Gasteiger partial charge in [0, 0.05) is 30.0 Å². The van der Waals surface area contributed by atoms with Gasteiger partial charge >= 0.3 is 0 Å². The Morgan fingerprint density at radius 1 is 1.31 bits per heavy atom. The predicted molar refractivity (Wildman–Crippen MR) is 98.1 cm³/mol. The first-order valence-corrected chi connectivity index (χ1v) is 8.53. The molecule has 1 atom stereocenters. The number of rotatable bonds is 6. The SMILES string of the molecule is Cc1nn(C)cc1C(C)NC(=O)c1ccnn1COc1ccc(Cl)cc1. The molecule has 3 aromatic rings. The van der Waals surface area contributed by atoms with Crippen LogP contribution in [0.5, 0.6) is 5.75 Å². The number of aryl methyl sites for hydroxylation is 2. The number of amides is 1. The normalized spacial score (nSPS) is 12.0. The van der Waals surface area contributed by atoms with Crippen LogP contribution in [0.15, 0.2) is 42.7 Å². The van der Waals surface area contributed by atoms with Crippen molar-refractivity contribution in [1.82, 2.24) is 24.9 Å². The molecule has 0 aliphatic carbocycles. The number of hydrogen-bond donors (Lipinski definition) is 1. The summed E-state index contributed by atoms with van der Waals surface area (Å²) in [7, 11) is 1.86. The summed E-state index contributed by atoms with van der Waals surface area (Å²) in [5.41, 5.74) is 2.29. The van der Waals surface area contributed by atoms with Crippen molar-refractivity contribution >= 4 is 17.5 Å². The standard InChI is InChI=1S/C18H20ClN5O2/c1-12(16-10-23(3)22-13(16)2)21-18(25)17-8-9-20-24(17)11-26-15-6-4-14(19)5-7-15/h4-10,12H,11H2,1-3H3,(H,21,25). The Balaban J connectivity index is 1.66. The topological polar surface area (TPSA) is 74.0 Å². The van der Waals surface area contributed by atoms with Crippen molar-refractivity contribution in [1.29, 1.82) is 0 Å². The minimum absolute atomic E-state index is 0.123. The van der Waals surface area contributed by atoms with Gasteiger partial charge in [-0.25, -0.2) is 4.68 Å². The number of nitrogens with zero attached hydrogens (tertiary/aromatic N) is 4. The Labute approximate surface area is 156 Å². The van der Waals surface area contributed by atoms with E-state index in [1.165, 1.54) is 4.68 Å². The monoisotopic (exact) mass is 373 g/mol. The quantitative estimate of drug-likeness (QED) is 0.720. The lowest BCUT2D eigenvalue weighted by atomic mass is 10.1. The molecule has 0 spiro atoms. The molecule has 0 radical (unpaired) electrons. The first-order valence-electron chi connectivity index (χ1n) is 8.15. The van der Waals surface area contributed by atoms with Gasteiger partial charge in [-0.15, -0.1) is 0 Å². The maximum absolute atomic E-state index is 12.6. The molecular formula is C18H20ClN5O2. The molecule has 7 nitrogen and oxygen atoms in total. The Morgan fingerprint density at radius 3 is 2.69 bits per heavy atom. The second-order valence-corrected chi connectivity index (χ2v) is 6.42. The first kappa shape index (κ1) is 18.0. The van der Waals surface area contributed by atoms with Crippen LogP contribution in [0.1, 0.15) is 34.7 Å². The van der Waals surface area contributed by atoms with Crippen LogP contribution in [-0.4, -0.2) is 25.5 Å². The average Bonchev–Trinajstić information content (AvgIpc) is 3.20. The summed E-state index contributed by atoms with van der Waals surface area (Å²) < 4.78 is 8.90. The summed E-state index contributed by atoms with van der Waals surface area (Å²) in [6, 6.07) is 8.50. The van der Waals surface area contributed by atoms with Gasteiger partial charge in [-0.3, -0.25) is 9.48 Å². The molecule has 136 valence electrons. The second kappa shape index (κ2) is 7.61. The molecule has 2 heterocycles. The van der Waals surface area contributed by atoms with Crippen LogP contribution in [0, 0.1) is 6.92 Å². The van der Waals surface area contributed by atoms with Crippen molar-refractivity contribution in [2.45, 2.75) is 26.6 Å². The molecule has 1 unspecified atom stereocenters. The largest absolute Gasteiger partial charge is 0.471 e. The Morgan fingerprint density at radius 2 is 2.04 bits per heavy atom. The Kier molecular flexibility index (Phi) is 5.27. The fourth-order valence-electron chi connectivity index (χ4n) is 2.69. The summed E-state index contributed by atoms with van der Waals surface area (Å²) in [6.07, 6.45) is 3.47. The number of benzene rings is 1. The van der Waals surface area contributed by atoms with Crippen LogP contribution < -0.4 is 10.1 Å². The highest BCUT2D eigenvalue weighted by Crippen LogP contribution is 2.17. The highest BCUT2D eigenvalue weighted by Gasteiger charge is 2.18.